The monoisotopic (exact) mass is 198 g/mol. The molecule has 0 aliphatic carbocycles. The number of rotatable bonds is 3. The van der Waals surface area contributed by atoms with Crippen LogP contribution in [0.4, 0.5) is 14.5 Å². The third-order valence-corrected chi connectivity index (χ3v) is 1.49. The van der Waals surface area contributed by atoms with Gasteiger partial charge in [-0.1, -0.05) is 0 Å². The normalized spacial score (nSPS) is 9.86. The van der Waals surface area contributed by atoms with Crippen LogP contribution in [0.2, 0.25) is 0 Å². The Morgan fingerprint density at radius 2 is 2.21 bits per heavy atom. The van der Waals surface area contributed by atoms with Crippen LogP contribution in [-0.4, -0.2) is 13.0 Å². The molecule has 2 N–H and O–H groups in total. The van der Waals surface area contributed by atoms with Crippen molar-refractivity contribution in [1.82, 2.24) is 0 Å². The van der Waals surface area contributed by atoms with Gasteiger partial charge in [-0.25, -0.2) is 8.78 Å². The molecule has 0 heterocycles. The Morgan fingerprint density at radius 3 is 2.79 bits per heavy atom. The molecule has 0 saturated carbocycles. The van der Waals surface area contributed by atoms with Crippen molar-refractivity contribution < 1.29 is 13.5 Å². The maximum Gasteiger partial charge on any atom is 0.272 e. The van der Waals surface area contributed by atoms with Crippen molar-refractivity contribution in [3.8, 4) is 11.8 Å². The number of hydrogen-bond donors (Lipinski definition) is 1. The van der Waals surface area contributed by atoms with E-state index in [1.165, 1.54) is 18.2 Å². The third kappa shape index (κ3) is 2.59. The Morgan fingerprint density at radius 1 is 1.50 bits per heavy atom. The first-order valence-corrected chi connectivity index (χ1v) is 3.84. The van der Waals surface area contributed by atoms with E-state index in [2.05, 4.69) is 0 Å². The minimum atomic E-state index is -2.56. The van der Waals surface area contributed by atoms with Crippen LogP contribution < -0.4 is 10.5 Å². The van der Waals surface area contributed by atoms with E-state index < -0.39 is 13.0 Å². The lowest BCUT2D eigenvalue weighted by Gasteiger charge is -2.07. The van der Waals surface area contributed by atoms with Crippen molar-refractivity contribution in [3.05, 3.63) is 23.8 Å². The number of ether oxygens (including phenoxy) is 1. The minimum Gasteiger partial charge on any atom is -0.486 e. The molecule has 0 unspecified atom stereocenters. The van der Waals surface area contributed by atoms with Gasteiger partial charge in [0.05, 0.1) is 5.56 Å². The van der Waals surface area contributed by atoms with Gasteiger partial charge in [0.2, 0.25) is 0 Å². The van der Waals surface area contributed by atoms with Gasteiger partial charge in [0.1, 0.15) is 18.4 Å². The van der Waals surface area contributed by atoms with Gasteiger partial charge < -0.3 is 10.5 Å². The maximum atomic E-state index is 11.8. The summed E-state index contributed by atoms with van der Waals surface area (Å²) in [6.07, 6.45) is -2.56. The van der Waals surface area contributed by atoms with Crippen molar-refractivity contribution in [3.63, 3.8) is 0 Å². The Balaban J connectivity index is 2.82. The molecule has 0 spiro atoms. The Hall–Kier alpha value is -1.83. The Labute approximate surface area is 79.7 Å². The highest BCUT2D eigenvalue weighted by Crippen LogP contribution is 2.20. The summed E-state index contributed by atoms with van der Waals surface area (Å²) < 4.78 is 28.3. The van der Waals surface area contributed by atoms with Gasteiger partial charge in [-0.3, -0.25) is 0 Å². The molecule has 1 rings (SSSR count). The molecule has 1 aromatic rings. The van der Waals surface area contributed by atoms with Crippen LogP contribution in [0, 0.1) is 11.3 Å². The second-order valence-corrected chi connectivity index (χ2v) is 2.57. The summed E-state index contributed by atoms with van der Waals surface area (Å²) in [5.74, 6) is 0.127. The molecule has 0 fully saturated rings. The highest BCUT2D eigenvalue weighted by molar-refractivity contribution is 5.53. The second-order valence-electron chi connectivity index (χ2n) is 2.57. The molecule has 1 aromatic carbocycles. The number of nitriles is 1. The highest BCUT2D eigenvalue weighted by Gasteiger charge is 2.07. The third-order valence-electron chi connectivity index (χ3n) is 1.49. The van der Waals surface area contributed by atoms with Crippen LogP contribution in [0.5, 0.6) is 5.75 Å². The maximum absolute atomic E-state index is 11.8. The fourth-order valence-corrected chi connectivity index (χ4v) is 0.914. The molecular formula is C9H8F2N2O. The van der Waals surface area contributed by atoms with E-state index in [0.717, 1.165) is 0 Å². The van der Waals surface area contributed by atoms with Crippen molar-refractivity contribution in [2.75, 3.05) is 12.3 Å². The SMILES string of the molecule is N#Cc1cc(N)ccc1OCC(F)F. The number of halogens is 2. The lowest BCUT2D eigenvalue weighted by Crippen LogP contribution is -2.08. The van der Waals surface area contributed by atoms with Crippen LogP contribution >= 0.6 is 0 Å². The quantitative estimate of drug-likeness (QED) is 0.753. The predicted octanol–water partition coefficient (Wildman–Crippen LogP) is 1.78. The van der Waals surface area contributed by atoms with Crippen molar-refractivity contribution in [1.29, 1.82) is 5.26 Å². The van der Waals surface area contributed by atoms with Gasteiger partial charge in [-0.2, -0.15) is 5.26 Å². The van der Waals surface area contributed by atoms with Gasteiger partial charge in [-0.15, -0.1) is 0 Å². The lowest BCUT2D eigenvalue weighted by atomic mass is 10.2. The summed E-state index contributed by atoms with van der Waals surface area (Å²) in [7, 11) is 0. The van der Waals surface area contributed by atoms with Crippen molar-refractivity contribution >= 4 is 5.69 Å². The highest BCUT2D eigenvalue weighted by atomic mass is 19.3. The van der Waals surface area contributed by atoms with E-state index >= 15 is 0 Å². The first-order chi connectivity index (χ1) is 6.63. The molecule has 0 saturated heterocycles. The molecule has 0 radical (unpaired) electrons. The first kappa shape index (κ1) is 10.3. The van der Waals surface area contributed by atoms with Crippen molar-refractivity contribution in [2.45, 2.75) is 6.43 Å². The Bertz CT molecular complexity index is 360. The van der Waals surface area contributed by atoms with Gasteiger partial charge in [-0.05, 0) is 18.2 Å². The van der Waals surface area contributed by atoms with Crippen LogP contribution in [0.1, 0.15) is 5.56 Å². The first-order valence-electron chi connectivity index (χ1n) is 3.84. The summed E-state index contributed by atoms with van der Waals surface area (Å²) in [5.41, 5.74) is 5.96. The molecule has 0 amide bonds. The molecule has 14 heavy (non-hydrogen) atoms. The van der Waals surface area contributed by atoms with Crippen molar-refractivity contribution in [2.24, 2.45) is 0 Å². The molecule has 0 aliphatic rings. The summed E-state index contributed by atoms with van der Waals surface area (Å²) in [4.78, 5) is 0. The summed E-state index contributed by atoms with van der Waals surface area (Å²) in [6.45, 7) is -0.724. The number of nitrogens with two attached hydrogens (primary N) is 1. The summed E-state index contributed by atoms with van der Waals surface area (Å²) in [6, 6.07) is 6.07. The minimum absolute atomic E-state index is 0.127. The van der Waals surface area contributed by atoms with Crippen LogP contribution in [0.3, 0.4) is 0 Å². The van der Waals surface area contributed by atoms with E-state index in [0.29, 0.717) is 5.69 Å². The van der Waals surface area contributed by atoms with Gasteiger partial charge in [0.15, 0.2) is 0 Å². The number of alkyl halides is 2. The zero-order valence-corrected chi connectivity index (χ0v) is 7.21. The second kappa shape index (κ2) is 4.42. The molecule has 0 bridgehead atoms. The summed E-state index contributed by atoms with van der Waals surface area (Å²) in [5, 5.41) is 8.64. The summed E-state index contributed by atoms with van der Waals surface area (Å²) >= 11 is 0. The molecule has 0 aromatic heterocycles. The molecule has 3 nitrogen and oxygen atoms in total. The van der Waals surface area contributed by atoms with Gasteiger partial charge >= 0.3 is 0 Å². The topological polar surface area (TPSA) is 59.0 Å². The fourth-order valence-electron chi connectivity index (χ4n) is 0.914. The average Bonchev–Trinajstić information content (AvgIpc) is 2.15. The smallest absolute Gasteiger partial charge is 0.272 e. The van der Waals surface area contributed by atoms with E-state index in [1.807, 2.05) is 6.07 Å². The molecule has 0 aliphatic heterocycles. The average molecular weight is 198 g/mol. The van der Waals surface area contributed by atoms with E-state index in [4.69, 9.17) is 15.7 Å². The van der Waals surface area contributed by atoms with E-state index in [9.17, 15) is 8.78 Å². The van der Waals surface area contributed by atoms with E-state index in [1.54, 1.807) is 0 Å². The van der Waals surface area contributed by atoms with E-state index in [-0.39, 0.29) is 11.3 Å². The zero-order chi connectivity index (χ0) is 10.6. The zero-order valence-electron chi connectivity index (χ0n) is 7.21. The number of anilines is 1. The fraction of sp³-hybridized carbons (Fsp3) is 0.222. The predicted molar refractivity (Wildman–Crippen MR) is 47.1 cm³/mol. The number of benzene rings is 1. The van der Waals surface area contributed by atoms with Crippen LogP contribution in [0.15, 0.2) is 18.2 Å². The van der Waals surface area contributed by atoms with Gasteiger partial charge in [0.25, 0.3) is 6.43 Å². The van der Waals surface area contributed by atoms with Crippen LogP contribution in [0.25, 0.3) is 0 Å². The largest absolute Gasteiger partial charge is 0.486 e. The number of hydrogen-bond acceptors (Lipinski definition) is 3. The standard InChI is InChI=1S/C9H8F2N2O/c10-9(11)5-14-8-2-1-7(13)3-6(8)4-12/h1-3,9H,5,13H2. The molecule has 0 atom stereocenters. The molecule has 5 heteroatoms. The lowest BCUT2D eigenvalue weighted by molar-refractivity contribution is 0.0818. The molecule has 74 valence electrons. The van der Waals surface area contributed by atoms with Crippen LogP contribution in [-0.2, 0) is 0 Å². The number of nitrogen functional groups attached to an aromatic ring is 1. The number of nitrogens with zero attached hydrogens (tertiary/aromatic N) is 1. The molecular weight excluding hydrogens is 190 g/mol. The Kier molecular flexibility index (Phi) is 3.24. The van der Waals surface area contributed by atoms with Gasteiger partial charge in [0, 0.05) is 5.69 Å².